The molecule has 112 valence electrons. The Labute approximate surface area is 119 Å². The molecule has 0 bridgehead atoms. The van der Waals surface area contributed by atoms with Crippen molar-refractivity contribution in [2.24, 2.45) is 5.92 Å². The van der Waals surface area contributed by atoms with Crippen LogP contribution in [0.1, 0.15) is 12.8 Å². The summed E-state index contributed by atoms with van der Waals surface area (Å²) in [6.07, 6.45) is 4.30. The Bertz CT molecular complexity index is 535. The van der Waals surface area contributed by atoms with Gasteiger partial charge in [-0.05, 0) is 32.9 Å². The number of piperidine rings is 1. The first kappa shape index (κ1) is 15.1. The summed E-state index contributed by atoms with van der Waals surface area (Å²) < 4.78 is 26.4. The van der Waals surface area contributed by atoms with Gasteiger partial charge in [0.25, 0.3) is 0 Å². The van der Waals surface area contributed by atoms with Crippen LogP contribution in [0.3, 0.4) is 0 Å². The number of hydrogen-bond acceptors (Lipinski definition) is 6. The molecule has 1 aliphatic rings. The van der Waals surface area contributed by atoms with E-state index in [1.807, 2.05) is 14.1 Å². The highest BCUT2D eigenvalue weighted by atomic mass is 32.2. The zero-order valence-corrected chi connectivity index (χ0v) is 12.7. The van der Waals surface area contributed by atoms with Crippen molar-refractivity contribution in [3.8, 4) is 0 Å². The molecule has 0 atom stereocenters. The van der Waals surface area contributed by atoms with Crippen molar-refractivity contribution in [1.29, 1.82) is 0 Å². The van der Waals surface area contributed by atoms with Gasteiger partial charge in [-0.15, -0.1) is 0 Å². The molecule has 0 aliphatic carbocycles. The van der Waals surface area contributed by atoms with Gasteiger partial charge in [-0.25, -0.2) is 18.4 Å². The van der Waals surface area contributed by atoms with E-state index >= 15 is 0 Å². The van der Waals surface area contributed by atoms with E-state index in [4.69, 9.17) is 5.73 Å². The van der Waals surface area contributed by atoms with Gasteiger partial charge >= 0.3 is 0 Å². The van der Waals surface area contributed by atoms with Crippen molar-refractivity contribution in [3.63, 3.8) is 0 Å². The van der Waals surface area contributed by atoms with E-state index in [1.54, 1.807) is 0 Å². The van der Waals surface area contributed by atoms with Gasteiger partial charge in [0.1, 0.15) is 4.90 Å². The van der Waals surface area contributed by atoms with Crippen molar-refractivity contribution in [3.05, 3.63) is 12.4 Å². The molecule has 0 saturated carbocycles. The predicted octanol–water partition coefficient (Wildman–Crippen LogP) is 0.0211. The van der Waals surface area contributed by atoms with Crippen LogP contribution in [0.25, 0.3) is 0 Å². The van der Waals surface area contributed by atoms with Crippen LogP contribution in [-0.2, 0) is 10.0 Å². The fraction of sp³-hybridized carbons (Fsp3) is 0.667. The maximum absolute atomic E-state index is 12.4. The van der Waals surface area contributed by atoms with Crippen molar-refractivity contribution < 1.29 is 8.42 Å². The van der Waals surface area contributed by atoms with Crippen LogP contribution >= 0.6 is 0 Å². The molecule has 2 heterocycles. The number of sulfonamides is 1. The second-order valence-electron chi connectivity index (χ2n) is 5.39. The Morgan fingerprint density at radius 2 is 1.85 bits per heavy atom. The molecule has 0 amide bonds. The molecular weight excluding hydrogens is 278 g/mol. The number of hydrogen-bond donors (Lipinski definition) is 1. The van der Waals surface area contributed by atoms with E-state index in [2.05, 4.69) is 14.9 Å². The fourth-order valence-electron chi connectivity index (χ4n) is 2.46. The number of nitrogens with two attached hydrogens (primary N) is 1. The zero-order chi connectivity index (χ0) is 14.8. The number of nitrogens with zero attached hydrogens (tertiary/aromatic N) is 4. The van der Waals surface area contributed by atoms with Crippen LogP contribution in [0, 0.1) is 5.92 Å². The van der Waals surface area contributed by atoms with Gasteiger partial charge in [-0.3, -0.25) is 0 Å². The molecule has 2 N–H and O–H groups in total. The van der Waals surface area contributed by atoms with Crippen molar-refractivity contribution in [2.75, 3.05) is 39.5 Å². The van der Waals surface area contributed by atoms with Gasteiger partial charge in [0.15, 0.2) is 0 Å². The smallest absolute Gasteiger partial charge is 0.246 e. The maximum atomic E-state index is 12.4. The van der Waals surface area contributed by atoms with Gasteiger partial charge in [-0.2, -0.15) is 4.31 Å². The second kappa shape index (κ2) is 6.02. The van der Waals surface area contributed by atoms with E-state index in [1.165, 1.54) is 16.7 Å². The first-order chi connectivity index (χ1) is 9.39. The molecule has 1 aromatic heterocycles. The summed E-state index contributed by atoms with van der Waals surface area (Å²) in [5.74, 6) is 0.632. The normalized spacial score (nSPS) is 18.6. The highest BCUT2D eigenvalue weighted by molar-refractivity contribution is 7.89. The minimum atomic E-state index is -3.49. The van der Waals surface area contributed by atoms with Crippen LogP contribution in [0.15, 0.2) is 17.3 Å². The molecule has 1 aliphatic heterocycles. The maximum Gasteiger partial charge on any atom is 0.246 e. The number of rotatable bonds is 4. The van der Waals surface area contributed by atoms with Crippen LogP contribution < -0.4 is 5.73 Å². The van der Waals surface area contributed by atoms with Gasteiger partial charge < -0.3 is 10.6 Å². The topological polar surface area (TPSA) is 92.4 Å². The van der Waals surface area contributed by atoms with E-state index in [9.17, 15) is 8.42 Å². The van der Waals surface area contributed by atoms with E-state index < -0.39 is 10.0 Å². The van der Waals surface area contributed by atoms with Gasteiger partial charge in [0.05, 0.1) is 12.4 Å². The molecule has 1 aromatic rings. The van der Waals surface area contributed by atoms with Gasteiger partial charge in [0.2, 0.25) is 16.0 Å². The Balaban J connectivity index is 2.04. The lowest BCUT2D eigenvalue weighted by Crippen LogP contribution is -2.40. The van der Waals surface area contributed by atoms with E-state index in [0.29, 0.717) is 19.0 Å². The Morgan fingerprint density at radius 1 is 1.30 bits per heavy atom. The highest BCUT2D eigenvalue weighted by Gasteiger charge is 2.29. The molecule has 0 radical (unpaired) electrons. The number of aromatic nitrogens is 2. The molecule has 0 aromatic carbocycles. The van der Waals surface area contributed by atoms with Gasteiger partial charge in [0, 0.05) is 19.6 Å². The quantitative estimate of drug-likeness (QED) is 0.842. The molecule has 1 saturated heterocycles. The van der Waals surface area contributed by atoms with Crippen molar-refractivity contribution in [1.82, 2.24) is 19.2 Å². The molecule has 0 spiro atoms. The minimum absolute atomic E-state index is 0.0774. The summed E-state index contributed by atoms with van der Waals surface area (Å²) in [7, 11) is 0.582. The van der Waals surface area contributed by atoms with E-state index in [-0.39, 0.29) is 10.8 Å². The van der Waals surface area contributed by atoms with Gasteiger partial charge in [-0.1, -0.05) is 0 Å². The monoisotopic (exact) mass is 299 g/mol. The lowest BCUT2D eigenvalue weighted by atomic mass is 9.98. The fourth-order valence-corrected chi connectivity index (χ4v) is 3.82. The molecule has 20 heavy (non-hydrogen) atoms. The molecule has 7 nitrogen and oxygen atoms in total. The highest BCUT2D eigenvalue weighted by Crippen LogP contribution is 2.23. The summed E-state index contributed by atoms with van der Waals surface area (Å²) in [6, 6.07) is 0. The predicted molar refractivity (Wildman–Crippen MR) is 76.5 cm³/mol. The van der Waals surface area contributed by atoms with Crippen LogP contribution in [-0.4, -0.2) is 61.3 Å². The zero-order valence-electron chi connectivity index (χ0n) is 11.9. The molecule has 8 heteroatoms. The second-order valence-corrected chi connectivity index (χ2v) is 7.32. The SMILES string of the molecule is CN(C)CC1CCN(S(=O)(=O)c2cnc(N)nc2)CC1. The first-order valence-corrected chi connectivity index (χ1v) is 8.06. The Kier molecular flexibility index (Phi) is 4.56. The molecular formula is C12H21N5O2S. The molecule has 1 fully saturated rings. The number of anilines is 1. The average molecular weight is 299 g/mol. The van der Waals surface area contributed by atoms with E-state index in [0.717, 1.165) is 19.4 Å². The third-order valence-electron chi connectivity index (χ3n) is 3.48. The molecule has 0 unspecified atom stereocenters. The Hall–Kier alpha value is -1.25. The van der Waals surface area contributed by atoms with Crippen LogP contribution in [0.2, 0.25) is 0 Å². The summed E-state index contributed by atoms with van der Waals surface area (Å²) in [5.41, 5.74) is 5.38. The Morgan fingerprint density at radius 3 is 2.35 bits per heavy atom. The van der Waals surface area contributed by atoms with Crippen molar-refractivity contribution in [2.45, 2.75) is 17.7 Å². The third-order valence-corrected chi connectivity index (χ3v) is 5.33. The van der Waals surface area contributed by atoms with Crippen molar-refractivity contribution >= 4 is 16.0 Å². The summed E-state index contributed by atoms with van der Waals surface area (Å²) in [6.45, 7) is 2.09. The lowest BCUT2D eigenvalue weighted by Gasteiger charge is -2.32. The third kappa shape index (κ3) is 3.44. The largest absolute Gasteiger partial charge is 0.368 e. The minimum Gasteiger partial charge on any atom is -0.368 e. The standard InChI is InChI=1S/C12H21N5O2S/c1-16(2)9-10-3-5-17(6-4-10)20(18,19)11-7-14-12(13)15-8-11/h7-8,10H,3-6,9H2,1-2H3,(H2,13,14,15). The summed E-state index contributed by atoms with van der Waals surface area (Å²) in [4.78, 5) is 9.75. The van der Waals surface area contributed by atoms with Crippen LogP contribution in [0.5, 0.6) is 0 Å². The first-order valence-electron chi connectivity index (χ1n) is 6.62. The molecule has 2 rings (SSSR count). The summed E-state index contributed by atoms with van der Waals surface area (Å²) in [5, 5.41) is 0. The summed E-state index contributed by atoms with van der Waals surface area (Å²) >= 11 is 0. The average Bonchev–Trinajstić information content (AvgIpc) is 2.39. The van der Waals surface area contributed by atoms with Crippen LogP contribution in [0.4, 0.5) is 5.95 Å². The lowest BCUT2D eigenvalue weighted by molar-refractivity contribution is 0.225. The number of nitrogen functional groups attached to an aromatic ring is 1.